The van der Waals surface area contributed by atoms with E-state index in [4.69, 9.17) is 30.3 Å². The van der Waals surface area contributed by atoms with Gasteiger partial charge in [-0.2, -0.15) is 23.5 Å². The van der Waals surface area contributed by atoms with E-state index in [2.05, 4.69) is 15.0 Å². The van der Waals surface area contributed by atoms with Crippen LogP contribution >= 0.6 is 23.5 Å². The van der Waals surface area contributed by atoms with Crippen LogP contribution in [0.25, 0.3) is 0 Å². The number of carbonyl (C=O) groups excluding carboxylic acids is 3. The molecule has 1 heterocycles. The van der Waals surface area contributed by atoms with Gasteiger partial charge >= 0.3 is 11.9 Å². The summed E-state index contributed by atoms with van der Waals surface area (Å²) >= 11 is 2.81. The number of ether oxygens (including phenoxy) is 2. The lowest BCUT2D eigenvalue weighted by atomic mass is 10.0. The molecule has 1 saturated heterocycles. The molecule has 15 nitrogen and oxygen atoms in total. The summed E-state index contributed by atoms with van der Waals surface area (Å²) in [5.41, 5.74) is 1.04. The molecule has 0 radical (unpaired) electrons. The van der Waals surface area contributed by atoms with Crippen LogP contribution in [-0.2, 0) is 40.0 Å². The van der Waals surface area contributed by atoms with Crippen molar-refractivity contribution in [1.82, 2.24) is 21.0 Å². The Morgan fingerprint density at radius 1 is 0.930 bits per heavy atom. The fourth-order valence-electron chi connectivity index (χ4n) is 4.28. The number of esters is 2. The van der Waals surface area contributed by atoms with Crippen molar-refractivity contribution in [1.29, 1.82) is 0 Å². The average molecular weight is 651 g/mol. The third-order valence-electron chi connectivity index (χ3n) is 6.29. The number of nitrogens with zero attached hydrogens (tertiary/aromatic N) is 3. The number of amides is 1. The molecule has 1 aromatic carbocycles. The number of benzene rings is 1. The molecule has 1 aliphatic heterocycles. The Labute approximate surface area is 259 Å². The minimum absolute atomic E-state index is 0.0712. The minimum Gasteiger partial charge on any atom is -0.464 e. The van der Waals surface area contributed by atoms with Gasteiger partial charge in [0, 0.05) is 29.6 Å². The van der Waals surface area contributed by atoms with Gasteiger partial charge in [0.1, 0.15) is 25.3 Å². The summed E-state index contributed by atoms with van der Waals surface area (Å²) in [7, 11) is 0. The summed E-state index contributed by atoms with van der Waals surface area (Å²) in [5.74, 6) is 0.583. The number of hydrogen-bond acceptors (Lipinski definition) is 16. The Morgan fingerprint density at radius 3 is 2.12 bits per heavy atom. The molecule has 17 heteroatoms. The molecule has 3 atom stereocenters. The monoisotopic (exact) mass is 650 g/mol. The summed E-state index contributed by atoms with van der Waals surface area (Å²) in [6.45, 7) is 2.47. The van der Waals surface area contributed by atoms with Crippen molar-refractivity contribution >= 4 is 41.4 Å². The molecule has 3 unspecified atom stereocenters. The first-order valence-corrected chi connectivity index (χ1v) is 16.2. The van der Waals surface area contributed by atoms with Crippen LogP contribution in [-0.4, -0.2) is 128 Å². The normalized spacial score (nSPS) is 16.4. The van der Waals surface area contributed by atoms with Gasteiger partial charge in [0.2, 0.25) is 5.91 Å². The number of carbonyl (C=O) groups is 3. The van der Waals surface area contributed by atoms with Gasteiger partial charge in [-0.15, -0.1) is 0 Å². The number of nitrogens with one attached hydrogen (secondary N) is 1. The van der Waals surface area contributed by atoms with Crippen LogP contribution in [0.4, 0.5) is 0 Å². The molecule has 2 rings (SSSR count). The fraction of sp³-hybridized carbons (Fsp3) is 0.654. The maximum atomic E-state index is 13.4. The Balaban J connectivity index is 1.86. The molecule has 1 amide bonds. The Morgan fingerprint density at radius 2 is 1.51 bits per heavy atom. The number of rotatable bonds is 22. The van der Waals surface area contributed by atoms with E-state index in [1.165, 1.54) is 28.4 Å². The molecule has 0 aliphatic carbocycles. The largest absolute Gasteiger partial charge is 0.464 e. The van der Waals surface area contributed by atoms with Gasteiger partial charge in [-0.3, -0.25) is 35.7 Å². The third kappa shape index (κ3) is 15.5. The van der Waals surface area contributed by atoms with Gasteiger partial charge in [-0.25, -0.2) is 14.5 Å². The van der Waals surface area contributed by atoms with Crippen molar-refractivity contribution in [3.8, 4) is 0 Å². The van der Waals surface area contributed by atoms with Crippen LogP contribution in [0.5, 0.6) is 0 Å². The predicted octanol–water partition coefficient (Wildman–Crippen LogP) is 1.53. The van der Waals surface area contributed by atoms with E-state index >= 15 is 0 Å². The van der Waals surface area contributed by atoms with E-state index in [0.717, 1.165) is 5.56 Å². The summed E-state index contributed by atoms with van der Waals surface area (Å²) < 4.78 is 10.8. The number of likely N-dealkylation sites (tertiary alicyclic amines) is 1. The first kappa shape index (κ1) is 37.2. The summed E-state index contributed by atoms with van der Waals surface area (Å²) in [4.78, 5) is 49.6. The number of thioether (sulfide) groups is 2. The molecular formula is C26H42N4O11S2. The van der Waals surface area contributed by atoms with E-state index in [1.54, 1.807) is 6.92 Å². The second-order valence-corrected chi connectivity index (χ2v) is 11.8. The average Bonchev–Trinajstić information content (AvgIpc) is 3.48. The highest BCUT2D eigenvalue weighted by Gasteiger charge is 2.38. The molecular weight excluding hydrogens is 608 g/mol. The van der Waals surface area contributed by atoms with E-state index in [1.807, 2.05) is 30.3 Å². The van der Waals surface area contributed by atoms with Gasteiger partial charge in [-0.1, -0.05) is 30.3 Å². The number of aryl methyl sites for hydroxylation is 1. The van der Waals surface area contributed by atoms with Gasteiger partial charge in [-0.05, 0) is 38.2 Å². The molecule has 1 aromatic rings. The molecule has 1 aliphatic rings. The Kier molecular flexibility index (Phi) is 18.7. The molecule has 43 heavy (non-hydrogen) atoms. The molecule has 244 valence electrons. The lowest BCUT2D eigenvalue weighted by Crippen LogP contribution is -2.53. The van der Waals surface area contributed by atoms with E-state index in [9.17, 15) is 14.4 Å². The smallest absolute Gasteiger partial charge is 0.328 e. The topological polar surface area (TPSA) is 191 Å². The van der Waals surface area contributed by atoms with Crippen LogP contribution in [0.1, 0.15) is 31.7 Å². The molecule has 1 fully saturated rings. The SMILES string of the molecule is CC(NC(CCc1ccccc1)C(=O)OCCSCCON(O)O)C(=O)N1CCCC1C(=O)OCCSCCON(O)O. The van der Waals surface area contributed by atoms with Crippen LogP contribution in [0.15, 0.2) is 30.3 Å². The van der Waals surface area contributed by atoms with Crippen LogP contribution in [0.2, 0.25) is 0 Å². The second kappa shape index (κ2) is 21.6. The van der Waals surface area contributed by atoms with Gasteiger partial charge in [0.05, 0.1) is 30.0 Å². The Hall–Kier alpha value is -2.03. The summed E-state index contributed by atoms with van der Waals surface area (Å²) in [6, 6.07) is 7.42. The van der Waals surface area contributed by atoms with Crippen LogP contribution in [0.3, 0.4) is 0 Å². The van der Waals surface area contributed by atoms with Crippen molar-refractivity contribution in [3.05, 3.63) is 35.9 Å². The van der Waals surface area contributed by atoms with Crippen molar-refractivity contribution in [3.63, 3.8) is 0 Å². The maximum Gasteiger partial charge on any atom is 0.328 e. The number of hydrogen-bond donors (Lipinski definition) is 5. The van der Waals surface area contributed by atoms with Crippen LogP contribution in [0, 0.1) is 0 Å². The quantitative estimate of drug-likeness (QED) is 0.0689. The van der Waals surface area contributed by atoms with Gasteiger partial charge < -0.3 is 14.4 Å². The summed E-state index contributed by atoms with van der Waals surface area (Å²) in [6.07, 6.45) is 2.12. The lowest BCUT2D eigenvalue weighted by Gasteiger charge is -2.28. The third-order valence-corrected chi connectivity index (χ3v) is 8.11. The summed E-state index contributed by atoms with van der Waals surface area (Å²) in [5, 5.41) is 36.5. The molecule has 0 saturated carbocycles. The van der Waals surface area contributed by atoms with Crippen LogP contribution < -0.4 is 5.32 Å². The maximum absolute atomic E-state index is 13.4. The Bertz CT molecular complexity index is 949. The zero-order chi connectivity index (χ0) is 31.5. The van der Waals surface area contributed by atoms with Gasteiger partial charge in [0.15, 0.2) is 0 Å². The lowest BCUT2D eigenvalue weighted by molar-refractivity contribution is -0.491. The molecule has 5 N–H and O–H groups in total. The van der Waals surface area contributed by atoms with Crippen molar-refractivity contribution in [2.45, 2.75) is 50.7 Å². The predicted molar refractivity (Wildman–Crippen MR) is 155 cm³/mol. The standard InChI is InChI=1S/C26H42N4O11S2/c1-20(24(31)28-11-5-8-23(28)26(33)39-13-17-43-19-15-41-30(36)37)27-22(10-9-21-6-3-2-4-7-21)25(32)38-12-16-42-18-14-40-29(34)35/h2-4,6-7,20,22-23,27,34-37H,5,8-19H2,1H3. The van der Waals surface area contributed by atoms with Crippen molar-refractivity contribution < 1.29 is 54.4 Å². The van der Waals surface area contributed by atoms with Crippen molar-refractivity contribution in [2.75, 3.05) is 56.0 Å². The van der Waals surface area contributed by atoms with E-state index in [-0.39, 0.29) is 43.1 Å². The van der Waals surface area contributed by atoms with Crippen molar-refractivity contribution in [2.24, 2.45) is 0 Å². The second-order valence-electron chi connectivity index (χ2n) is 9.39. The van der Waals surface area contributed by atoms with E-state index in [0.29, 0.717) is 55.2 Å². The molecule has 0 aromatic heterocycles. The molecule has 0 spiro atoms. The molecule has 0 bridgehead atoms. The highest BCUT2D eigenvalue weighted by atomic mass is 32.2. The fourth-order valence-corrected chi connectivity index (χ4v) is 5.48. The zero-order valence-electron chi connectivity index (χ0n) is 24.1. The highest BCUT2D eigenvalue weighted by Crippen LogP contribution is 2.20. The zero-order valence-corrected chi connectivity index (χ0v) is 25.7. The van der Waals surface area contributed by atoms with Gasteiger partial charge in [0.25, 0.3) is 0 Å². The minimum atomic E-state index is -0.763. The first-order chi connectivity index (χ1) is 20.7. The first-order valence-electron chi connectivity index (χ1n) is 13.9. The highest BCUT2D eigenvalue weighted by molar-refractivity contribution is 7.99. The van der Waals surface area contributed by atoms with E-state index < -0.39 is 30.1 Å².